The monoisotopic (exact) mass is 302 g/mol. The lowest BCUT2D eigenvalue weighted by molar-refractivity contribution is -0.137. The number of nitrogens with zero attached hydrogens (tertiary/aromatic N) is 2. The zero-order valence-corrected chi connectivity index (χ0v) is 10.5. The van der Waals surface area contributed by atoms with E-state index in [0.717, 1.165) is 10.7 Å². The van der Waals surface area contributed by atoms with Crippen molar-refractivity contribution >= 4 is 17.3 Å². The van der Waals surface area contributed by atoms with Gasteiger partial charge in [0.15, 0.2) is 0 Å². The molecule has 0 aliphatic rings. The zero-order valence-electron chi connectivity index (χ0n) is 10.5. The molecule has 0 saturated carbocycles. The molecule has 5 nitrogen and oxygen atoms in total. The van der Waals surface area contributed by atoms with Gasteiger partial charge in [-0.2, -0.15) is 18.3 Å². The molecule has 0 radical (unpaired) electrons. The van der Waals surface area contributed by atoms with Crippen LogP contribution in [0.1, 0.15) is 5.56 Å². The summed E-state index contributed by atoms with van der Waals surface area (Å²) < 4.78 is 51.3. The van der Waals surface area contributed by atoms with Crippen molar-refractivity contribution in [1.82, 2.24) is 9.78 Å². The number of nitrogens with one attached hydrogen (secondary N) is 1. The van der Waals surface area contributed by atoms with Gasteiger partial charge in [-0.25, -0.2) is 4.39 Å². The van der Waals surface area contributed by atoms with Gasteiger partial charge >= 0.3 is 6.18 Å². The summed E-state index contributed by atoms with van der Waals surface area (Å²) in [4.78, 5) is 11.6. The molecule has 2 aromatic rings. The fourth-order valence-corrected chi connectivity index (χ4v) is 1.57. The Morgan fingerprint density at radius 1 is 1.38 bits per heavy atom. The number of carbonyl (C=O) groups excluding carboxylic acids is 1. The van der Waals surface area contributed by atoms with Crippen LogP contribution in [0.25, 0.3) is 0 Å². The first-order valence-electron chi connectivity index (χ1n) is 5.70. The van der Waals surface area contributed by atoms with Crippen molar-refractivity contribution < 1.29 is 22.4 Å². The largest absolute Gasteiger partial charge is 0.419 e. The molecule has 3 N–H and O–H groups in total. The molecular formula is C12H10F4N4O. The smallest absolute Gasteiger partial charge is 0.399 e. The number of benzene rings is 1. The molecule has 1 heterocycles. The highest BCUT2D eigenvalue weighted by Gasteiger charge is 2.32. The van der Waals surface area contributed by atoms with Crippen LogP contribution in [-0.2, 0) is 17.5 Å². The lowest BCUT2D eigenvalue weighted by Crippen LogP contribution is -2.19. The van der Waals surface area contributed by atoms with E-state index in [-0.39, 0.29) is 11.4 Å². The average molecular weight is 302 g/mol. The highest BCUT2D eigenvalue weighted by molar-refractivity contribution is 5.91. The minimum atomic E-state index is -4.53. The van der Waals surface area contributed by atoms with E-state index in [1.807, 2.05) is 0 Å². The number of aromatic nitrogens is 2. The third kappa shape index (κ3) is 3.71. The Bertz CT molecular complexity index is 666. The molecule has 0 aliphatic heterocycles. The van der Waals surface area contributed by atoms with Crippen molar-refractivity contribution in [2.24, 2.45) is 0 Å². The second kappa shape index (κ2) is 5.43. The number of halogens is 4. The van der Waals surface area contributed by atoms with Crippen LogP contribution in [0.4, 0.5) is 28.9 Å². The number of anilines is 2. The van der Waals surface area contributed by atoms with E-state index in [2.05, 4.69) is 10.4 Å². The highest BCUT2D eigenvalue weighted by Crippen LogP contribution is 2.28. The van der Waals surface area contributed by atoms with Crippen LogP contribution in [0.2, 0.25) is 0 Å². The average Bonchev–Trinajstić information content (AvgIpc) is 2.82. The number of alkyl halides is 3. The van der Waals surface area contributed by atoms with Crippen LogP contribution in [0.3, 0.4) is 0 Å². The van der Waals surface area contributed by atoms with Gasteiger partial charge in [-0.05, 0) is 18.2 Å². The van der Waals surface area contributed by atoms with Crippen LogP contribution in [0, 0.1) is 5.82 Å². The van der Waals surface area contributed by atoms with E-state index in [1.165, 1.54) is 12.1 Å². The molecule has 9 heteroatoms. The standard InChI is InChI=1S/C12H10F4N4O/c13-9-2-1-8(17)3-10(9)19-11(21)6-20-5-7(4-18-20)12(14,15)16/h1-5H,6,17H2,(H,19,21). The van der Waals surface area contributed by atoms with E-state index in [9.17, 15) is 22.4 Å². The number of rotatable bonds is 3. The van der Waals surface area contributed by atoms with Crippen molar-refractivity contribution in [3.63, 3.8) is 0 Å². The molecule has 2 rings (SSSR count). The van der Waals surface area contributed by atoms with Crippen LogP contribution < -0.4 is 11.1 Å². The van der Waals surface area contributed by atoms with E-state index >= 15 is 0 Å². The van der Waals surface area contributed by atoms with Crippen LogP contribution >= 0.6 is 0 Å². The van der Waals surface area contributed by atoms with E-state index in [4.69, 9.17) is 5.73 Å². The highest BCUT2D eigenvalue weighted by atomic mass is 19.4. The molecule has 21 heavy (non-hydrogen) atoms. The Labute approximate surface area is 116 Å². The van der Waals surface area contributed by atoms with Crippen LogP contribution in [0.15, 0.2) is 30.6 Å². The number of nitrogen functional groups attached to an aromatic ring is 1. The minimum absolute atomic E-state index is 0.150. The molecular weight excluding hydrogens is 292 g/mol. The van der Waals surface area contributed by atoms with Crippen molar-refractivity contribution in [2.75, 3.05) is 11.1 Å². The fraction of sp³-hybridized carbons (Fsp3) is 0.167. The Morgan fingerprint density at radius 3 is 2.71 bits per heavy atom. The first kappa shape index (κ1) is 14.8. The lowest BCUT2D eigenvalue weighted by atomic mass is 10.2. The predicted molar refractivity (Wildman–Crippen MR) is 66.7 cm³/mol. The van der Waals surface area contributed by atoms with E-state index < -0.39 is 30.0 Å². The first-order valence-corrected chi connectivity index (χ1v) is 5.70. The SMILES string of the molecule is Nc1ccc(F)c(NC(=O)Cn2cc(C(F)(F)F)cn2)c1. The summed E-state index contributed by atoms with van der Waals surface area (Å²) in [6.45, 7) is -0.482. The Hall–Kier alpha value is -2.58. The second-order valence-electron chi connectivity index (χ2n) is 4.21. The molecule has 0 fully saturated rings. The maximum atomic E-state index is 13.4. The van der Waals surface area contributed by atoms with Gasteiger partial charge in [0.1, 0.15) is 12.4 Å². The minimum Gasteiger partial charge on any atom is -0.399 e. The molecule has 112 valence electrons. The maximum absolute atomic E-state index is 13.4. The topological polar surface area (TPSA) is 72.9 Å². The van der Waals surface area contributed by atoms with Gasteiger partial charge < -0.3 is 11.1 Å². The number of amides is 1. The molecule has 1 aromatic carbocycles. The molecule has 0 bridgehead atoms. The summed E-state index contributed by atoms with van der Waals surface area (Å²) in [6.07, 6.45) is -3.24. The Kier molecular flexibility index (Phi) is 3.83. The number of nitrogens with two attached hydrogens (primary N) is 1. The normalized spacial score (nSPS) is 11.4. The van der Waals surface area contributed by atoms with Crippen molar-refractivity contribution in [2.45, 2.75) is 12.7 Å². The summed E-state index contributed by atoms with van der Waals surface area (Å²) in [5, 5.41) is 5.63. The van der Waals surface area contributed by atoms with E-state index in [1.54, 1.807) is 0 Å². The van der Waals surface area contributed by atoms with E-state index in [0.29, 0.717) is 12.4 Å². The van der Waals surface area contributed by atoms with Gasteiger partial charge in [-0.3, -0.25) is 9.48 Å². The molecule has 0 spiro atoms. The third-order valence-electron chi connectivity index (χ3n) is 2.53. The Balaban J connectivity index is 2.05. The number of hydrogen-bond donors (Lipinski definition) is 2. The summed E-state index contributed by atoms with van der Waals surface area (Å²) in [6, 6.07) is 3.59. The van der Waals surface area contributed by atoms with Gasteiger partial charge in [-0.1, -0.05) is 0 Å². The lowest BCUT2D eigenvalue weighted by Gasteiger charge is -2.07. The van der Waals surface area contributed by atoms with Gasteiger partial charge in [-0.15, -0.1) is 0 Å². The quantitative estimate of drug-likeness (QED) is 0.675. The summed E-state index contributed by atoms with van der Waals surface area (Å²) in [5.74, 6) is -1.43. The molecule has 0 atom stereocenters. The molecule has 0 saturated heterocycles. The first-order chi connectivity index (χ1) is 9.75. The molecule has 0 aliphatic carbocycles. The van der Waals surface area contributed by atoms with Crippen LogP contribution in [-0.4, -0.2) is 15.7 Å². The van der Waals surface area contributed by atoms with Crippen molar-refractivity contribution in [3.05, 3.63) is 42.0 Å². The van der Waals surface area contributed by atoms with Gasteiger partial charge in [0.25, 0.3) is 0 Å². The number of carbonyl (C=O) groups is 1. The zero-order chi connectivity index (χ0) is 15.6. The van der Waals surface area contributed by atoms with Gasteiger partial charge in [0, 0.05) is 11.9 Å². The van der Waals surface area contributed by atoms with Gasteiger partial charge in [0.2, 0.25) is 5.91 Å². The van der Waals surface area contributed by atoms with Crippen molar-refractivity contribution in [1.29, 1.82) is 0 Å². The summed E-state index contributed by atoms with van der Waals surface area (Å²) >= 11 is 0. The number of hydrogen-bond acceptors (Lipinski definition) is 3. The fourth-order valence-electron chi connectivity index (χ4n) is 1.57. The summed E-state index contributed by atoms with van der Waals surface area (Å²) in [7, 11) is 0. The second-order valence-corrected chi connectivity index (χ2v) is 4.21. The van der Waals surface area contributed by atoms with Gasteiger partial charge in [0.05, 0.1) is 17.4 Å². The molecule has 1 aromatic heterocycles. The predicted octanol–water partition coefficient (Wildman–Crippen LogP) is 2.26. The molecule has 1 amide bonds. The van der Waals surface area contributed by atoms with Crippen molar-refractivity contribution in [3.8, 4) is 0 Å². The molecule has 0 unspecified atom stereocenters. The maximum Gasteiger partial charge on any atom is 0.419 e. The summed E-state index contributed by atoms with van der Waals surface area (Å²) in [5.41, 5.74) is 4.57. The van der Waals surface area contributed by atoms with Crippen LogP contribution in [0.5, 0.6) is 0 Å². The Morgan fingerprint density at radius 2 is 2.10 bits per heavy atom. The third-order valence-corrected chi connectivity index (χ3v) is 2.53.